The Labute approximate surface area is 190 Å². The number of amides is 1. The first kappa shape index (κ1) is 23.6. The van der Waals surface area contributed by atoms with Crippen LogP contribution < -0.4 is 10.6 Å². The maximum absolute atomic E-state index is 12.1. The molecule has 0 bridgehead atoms. The third-order valence-electron chi connectivity index (χ3n) is 6.21. The van der Waals surface area contributed by atoms with E-state index < -0.39 is 11.7 Å². The van der Waals surface area contributed by atoms with Crippen LogP contribution in [0.3, 0.4) is 0 Å². The molecule has 0 aromatic heterocycles. The summed E-state index contributed by atoms with van der Waals surface area (Å²) in [6.45, 7) is 4.26. The molecule has 5 nitrogen and oxygen atoms in total. The summed E-state index contributed by atoms with van der Waals surface area (Å²) in [5.74, 6) is 0.0779. The molecule has 0 radical (unpaired) electrons. The van der Waals surface area contributed by atoms with Crippen molar-refractivity contribution in [3.05, 3.63) is 69.7 Å². The molecule has 3 rings (SSSR count). The van der Waals surface area contributed by atoms with Gasteiger partial charge in [0.05, 0.1) is 12.7 Å². The van der Waals surface area contributed by atoms with Crippen molar-refractivity contribution in [3.8, 4) is 0 Å². The Kier molecular flexibility index (Phi) is 8.35. The van der Waals surface area contributed by atoms with Gasteiger partial charge < -0.3 is 20.5 Å². The van der Waals surface area contributed by atoms with E-state index in [9.17, 15) is 9.90 Å². The van der Waals surface area contributed by atoms with Gasteiger partial charge in [0.25, 0.3) is 0 Å². The van der Waals surface area contributed by atoms with Crippen LogP contribution in [0, 0.1) is 12.8 Å². The lowest BCUT2D eigenvalue weighted by atomic mass is 9.72. The summed E-state index contributed by atoms with van der Waals surface area (Å²) in [7, 11) is 1.35. The first-order chi connectivity index (χ1) is 14.9. The maximum atomic E-state index is 12.1. The molecule has 6 heteroatoms. The summed E-state index contributed by atoms with van der Waals surface area (Å²) in [6, 6.07) is 14.2. The topological polar surface area (TPSA) is 70.6 Å². The van der Waals surface area contributed by atoms with E-state index in [1.807, 2.05) is 18.2 Å². The number of halogens is 1. The number of benzene rings is 2. The number of rotatable bonds is 8. The lowest BCUT2D eigenvalue weighted by molar-refractivity contribution is -0.0426. The minimum absolute atomic E-state index is 0.0779. The third kappa shape index (κ3) is 6.00. The first-order valence-electron chi connectivity index (χ1n) is 11.0. The van der Waals surface area contributed by atoms with Gasteiger partial charge >= 0.3 is 6.09 Å². The van der Waals surface area contributed by atoms with Crippen molar-refractivity contribution < 1.29 is 14.6 Å². The number of methoxy groups -OCH3 is 1. The molecule has 168 valence electrons. The second-order valence-corrected chi connectivity index (χ2v) is 8.83. The molecule has 2 aromatic carbocycles. The van der Waals surface area contributed by atoms with Gasteiger partial charge in [-0.15, -0.1) is 0 Å². The number of aryl methyl sites for hydroxylation is 1. The number of alkyl carbamates (subject to hydrolysis) is 1. The van der Waals surface area contributed by atoms with Crippen molar-refractivity contribution in [2.24, 2.45) is 5.92 Å². The molecule has 0 spiro atoms. The molecule has 1 aliphatic heterocycles. The van der Waals surface area contributed by atoms with E-state index in [1.165, 1.54) is 18.2 Å². The molecular weight excluding hydrogens is 412 g/mol. The molecule has 0 aliphatic carbocycles. The predicted octanol–water partition coefficient (Wildman–Crippen LogP) is 4.56. The smallest absolute Gasteiger partial charge is 0.406 e. The normalized spacial score (nSPS) is 18.3. The van der Waals surface area contributed by atoms with Crippen LogP contribution in [0.25, 0.3) is 0 Å². The predicted molar refractivity (Wildman–Crippen MR) is 125 cm³/mol. The number of hydrogen-bond acceptors (Lipinski definition) is 4. The number of carbonyl (C=O) groups excluding carboxylic acids is 1. The van der Waals surface area contributed by atoms with E-state index in [1.54, 1.807) is 0 Å². The molecule has 2 atom stereocenters. The monoisotopic (exact) mass is 444 g/mol. The van der Waals surface area contributed by atoms with Crippen LogP contribution in [-0.2, 0) is 16.8 Å². The molecule has 3 N–H and O–H groups in total. The third-order valence-corrected chi connectivity index (χ3v) is 6.56. The Hall–Kier alpha value is -2.08. The van der Waals surface area contributed by atoms with Crippen molar-refractivity contribution in [1.29, 1.82) is 0 Å². The molecule has 1 fully saturated rings. The zero-order chi connectivity index (χ0) is 22.3. The van der Waals surface area contributed by atoms with E-state index in [0.717, 1.165) is 37.1 Å². The van der Waals surface area contributed by atoms with Crippen LogP contribution in [-0.4, -0.2) is 37.9 Å². The average Bonchev–Trinajstić information content (AvgIpc) is 2.78. The summed E-state index contributed by atoms with van der Waals surface area (Å²) in [5, 5.41) is 19.0. The standard InChI is InChI=1S/C25H33ClN2O3/c1-18-7-3-8-19(15-18)16-21-22(10-4-11-23(21)26)25(30,20-9-5-13-27-17-20)12-6-14-28-24(29)31-2/h3-4,7-8,10-11,15,20,27,30H,5-6,9,12-14,16-17H2,1-2H3,(H,28,29). The van der Waals surface area contributed by atoms with Gasteiger partial charge in [0.2, 0.25) is 0 Å². The highest BCUT2D eigenvalue weighted by atomic mass is 35.5. The van der Waals surface area contributed by atoms with Crippen LogP contribution in [0.2, 0.25) is 5.02 Å². The number of ether oxygens (including phenoxy) is 1. The quantitative estimate of drug-likeness (QED) is 0.522. The van der Waals surface area contributed by atoms with E-state index in [-0.39, 0.29) is 5.92 Å². The summed E-state index contributed by atoms with van der Waals surface area (Å²) in [5.41, 5.74) is 3.21. The number of nitrogens with one attached hydrogen (secondary N) is 2. The molecule has 0 saturated carbocycles. The number of aliphatic hydroxyl groups is 1. The van der Waals surface area contributed by atoms with Crippen molar-refractivity contribution in [1.82, 2.24) is 10.6 Å². The van der Waals surface area contributed by atoms with Crippen molar-refractivity contribution in [3.63, 3.8) is 0 Å². The van der Waals surface area contributed by atoms with E-state index in [0.29, 0.717) is 30.8 Å². The fourth-order valence-corrected chi connectivity index (χ4v) is 4.85. The largest absolute Gasteiger partial charge is 0.453 e. The molecule has 2 aromatic rings. The molecule has 1 heterocycles. The summed E-state index contributed by atoms with van der Waals surface area (Å²) >= 11 is 6.69. The van der Waals surface area contributed by atoms with Crippen molar-refractivity contribution in [2.75, 3.05) is 26.7 Å². The van der Waals surface area contributed by atoms with Gasteiger partial charge in [-0.25, -0.2) is 4.79 Å². The zero-order valence-electron chi connectivity index (χ0n) is 18.4. The minimum Gasteiger partial charge on any atom is -0.453 e. The maximum Gasteiger partial charge on any atom is 0.406 e. The fourth-order valence-electron chi connectivity index (χ4n) is 4.61. The Balaban J connectivity index is 1.92. The fraction of sp³-hybridized carbons (Fsp3) is 0.480. The van der Waals surface area contributed by atoms with Crippen molar-refractivity contribution in [2.45, 2.75) is 44.6 Å². The second kappa shape index (κ2) is 11.0. The summed E-state index contributed by atoms with van der Waals surface area (Å²) < 4.78 is 4.65. The Morgan fingerprint density at radius 3 is 2.84 bits per heavy atom. The second-order valence-electron chi connectivity index (χ2n) is 8.42. The first-order valence-corrected chi connectivity index (χ1v) is 11.4. The Morgan fingerprint density at radius 2 is 2.13 bits per heavy atom. The Bertz CT molecular complexity index is 883. The van der Waals surface area contributed by atoms with Crippen LogP contribution >= 0.6 is 11.6 Å². The van der Waals surface area contributed by atoms with Gasteiger partial charge in [-0.2, -0.15) is 0 Å². The minimum atomic E-state index is -1.03. The van der Waals surface area contributed by atoms with E-state index in [4.69, 9.17) is 11.6 Å². The van der Waals surface area contributed by atoms with Gasteiger partial charge in [-0.05, 0) is 68.3 Å². The highest BCUT2D eigenvalue weighted by Gasteiger charge is 2.40. The molecule has 1 aliphatic rings. The van der Waals surface area contributed by atoms with Gasteiger partial charge in [0.1, 0.15) is 0 Å². The van der Waals surface area contributed by atoms with Crippen LogP contribution in [0.5, 0.6) is 0 Å². The summed E-state index contributed by atoms with van der Waals surface area (Å²) in [6.07, 6.45) is 3.36. The summed E-state index contributed by atoms with van der Waals surface area (Å²) in [4.78, 5) is 11.4. The molecule has 2 unspecified atom stereocenters. The number of hydrogen-bond donors (Lipinski definition) is 3. The molecular formula is C25H33ClN2O3. The highest BCUT2D eigenvalue weighted by Crippen LogP contribution is 2.41. The van der Waals surface area contributed by atoms with Crippen LogP contribution in [0.15, 0.2) is 42.5 Å². The van der Waals surface area contributed by atoms with E-state index >= 15 is 0 Å². The van der Waals surface area contributed by atoms with Crippen LogP contribution in [0.1, 0.15) is 47.9 Å². The number of carbonyl (C=O) groups is 1. The Morgan fingerprint density at radius 1 is 1.32 bits per heavy atom. The lowest BCUT2D eigenvalue weighted by Crippen LogP contribution is -2.45. The number of piperidine rings is 1. The molecule has 1 saturated heterocycles. The SMILES string of the molecule is COC(=O)NCCCC(O)(c1cccc(Cl)c1Cc1cccc(C)c1)C1CCCNC1. The van der Waals surface area contributed by atoms with Crippen molar-refractivity contribution >= 4 is 17.7 Å². The van der Waals surface area contributed by atoms with Crippen LogP contribution in [0.4, 0.5) is 4.79 Å². The molecule has 31 heavy (non-hydrogen) atoms. The van der Waals surface area contributed by atoms with Gasteiger partial charge in [-0.1, -0.05) is 53.6 Å². The molecule has 1 amide bonds. The highest BCUT2D eigenvalue weighted by molar-refractivity contribution is 6.31. The van der Waals surface area contributed by atoms with Gasteiger partial charge in [0.15, 0.2) is 0 Å². The van der Waals surface area contributed by atoms with Gasteiger partial charge in [0, 0.05) is 24.0 Å². The lowest BCUT2D eigenvalue weighted by Gasteiger charge is -2.40. The average molecular weight is 445 g/mol. The zero-order valence-corrected chi connectivity index (χ0v) is 19.2. The van der Waals surface area contributed by atoms with Gasteiger partial charge in [-0.3, -0.25) is 0 Å². The van der Waals surface area contributed by atoms with E-state index in [2.05, 4.69) is 46.6 Å².